The van der Waals surface area contributed by atoms with Crippen LogP contribution >= 0.6 is 0 Å². The zero-order valence-electron chi connectivity index (χ0n) is 15.9. The van der Waals surface area contributed by atoms with Gasteiger partial charge in [0, 0.05) is 30.6 Å². The van der Waals surface area contributed by atoms with Gasteiger partial charge in [-0.1, -0.05) is 18.2 Å². The molecule has 0 atom stereocenters. The molecule has 0 unspecified atom stereocenters. The molecule has 4 aromatic rings. The number of hydrogen-bond donors (Lipinski definition) is 3. The van der Waals surface area contributed by atoms with Gasteiger partial charge in [0.05, 0.1) is 11.3 Å². The number of hydrogen-bond acceptors (Lipinski definition) is 7. The van der Waals surface area contributed by atoms with E-state index >= 15 is 0 Å². The minimum atomic E-state index is 0.138. The predicted molar refractivity (Wildman–Crippen MR) is 105 cm³/mol. The van der Waals surface area contributed by atoms with Gasteiger partial charge >= 0.3 is 0 Å². The molecule has 3 aromatic heterocycles. The van der Waals surface area contributed by atoms with Gasteiger partial charge in [0.25, 0.3) is 0 Å². The molecule has 0 bridgehead atoms. The van der Waals surface area contributed by atoms with E-state index in [2.05, 4.69) is 20.9 Å². The Balaban J connectivity index is 0.00000109. The summed E-state index contributed by atoms with van der Waals surface area (Å²) in [6, 6.07) is 11.7. The number of furan rings is 1. The maximum Gasteiger partial charge on any atom is 0.161 e. The summed E-state index contributed by atoms with van der Waals surface area (Å²) < 4.78 is 8.07. The summed E-state index contributed by atoms with van der Waals surface area (Å²) in [5, 5.41) is 19.7. The van der Waals surface area contributed by atoms with Crippen molar-refractivity contribution in [3.05, 3.63) is 59.5 Å². The molecule has 8 heteroatoms. The molecule has 0 aliphatic rings. The molecule has 0 aliphatic heterocycles. The number of benzene rings is 1. The summed E-state index contributed by atoms with van der Waals surface area (Å²) in [5.74, 6) is 4.26. The molecule has 4 rings (SSSR count). The van der Waals surface area contributed by atoms with Crippen LogP contribution in [0.1, 0.15) is 17.0 Å². The third kappa shape index (κ3) is 3.54. The summed E-state index contributed by atoms with van der Waals surface area (Å²) in [5.41, 5.74) is 7.29. The maximum atomic E-state index is 8.70. The molecular weight excluding hydrogens is 360 g/mol. The molecule has 1 aromatic carbocycles. The summed E-state index contributed by atoms with van der Waals surface area (Å²) in [4.78, 5) is 8.70. The van der Waals surface area contributed by atoms with Crippen LogP contribution in [0.15, 0.2) is 47.0 Å². The number of pyridine rings is 1. The fraction of sp³-hybridized carbons (Fsp3) is 0.200. The monoisotopic (exact) mass is 382 g/mol. The van der Waals surface area contributed by atoms with Gasteiger partial charge in [0.15, 0.2) is 5.58 Å². The van der Waals surface area contributed by atoms with Crippen LogP contribution < -0.4 is 5.90 Å². The Morgan fingerprint density at radius 1 is 1.18 bits per heavy atom. The Morgan fingerprint density at radius 2 is 1.96 bits per heavy atom. The number of rotatable bonds is 4. The first kappa shape index (κ1) is 19.7. The lowest BCUT2D eigenvalue weighted by Crippen LogP contribution is -1.92. The lowest BCUT2D eigenvalue weighted by Gasteiger charge is -2.05. The molecule has 146 valence electrons. The van der Waals surface area contributed by atoms with Crippen molar-refractivity contribution < 1.29 is 19.8 Å². The SMILES string of the molecule is Cc1nn(C)c(C)c1-c1cc2nccc(-c3cccc(COO)c3)c2o1.NO. The Labute approximate surface area is 161 Å². The first-order chi connectivity index (χ1) is 13.6. The molecule has 0 fully saturated rings. The highest BCUT2D eigenvalue weighted by molar-refractivity contribution is 5.92. The standard InChI is InChI=1S/C20H19N3O3.H3NO/c1-12-19(13(2)23(3)22-12)18-10-17-20(26-18)16(7-8-21-17)15-6-4-5-14(9-15)11-25-24;1-2/h4-10,24H,11H2,1-3H3;2H,1H2. The van der Waals surface area contributed by atoms with Crippen LogP contribution in [-0.2, 0) is 18.5 Å². The van der Waals surface area contributed by atoms with Crippen molar-refractivity contribution in [1.29, 1.82) is 0 Å². The first-order valence-corrected chi connectivity index (χ1v) is 8.59. The van der Waals surface area contributed by atoms with Gasteiger partial charge in [0.2, 0.25) is 0 Å². The van der Waals surface area contributed by atoms with Crippen molar-refractivity contribution in [2.45, 2.75) is 20.5 Å². The quantitative estimate of drug-likeness (QED) is 0.362. The Bertz CT molecular complexity index is 1100. The topological polar surface area (TPSA) is 120 Å². The van der Waals surface area contributed by atoms with Gasteiger partial charge in [0.1, 0.15) is 17.9 Å². The van der Waals surface area contributed by atoms with Gasteiger partial charge in [-0.25, -0.2) is 10.8 Å². The second kappa shape index (κ2) is 8.32. The third-order valence-electron chi connectivity index (χ3n) is 4.64. The van der Waals surface area contributed by atoms with Crippen LogP contribution in [0, 0.1) is 13.8 Å². The molecular formula is C20H22N4O4. The first-order valence-electron chi connectivity index (χ1n) is 8.59. The van der Waals surface area contributed by atoms with Crippen LogP contribution in [0.5, 0.6) is 0 Å². The fourth-order valence-corrected chi connectivity index (χ4v) is 3.32. The number of nitrogens with zero attached hydrogens (tertiary/aromatic N) is 3. The van der Waals surface area contributed by atoms with E-state index in [1.54, 1.807) is 6.20 Å². The second-order valence-corrected chi connectivity index (χ2v) is 6.33. The number of fused-ring (bicyclic) bond motifs is 1. The number of aryl methyl sites for hydroxylation is 2. The van der Waals surface area contributed by atoms with Crippen LogP contribution in [0.4, 0.5) is 0 Å². The molecule has 3 heterocycles. The smallest absolute Gasteiger partial charge is 0.161 e. The van der Waals surface area contributed by atoms with Gasteiger partial charge in [-0.15, -0.1) is 0 Å². The zero-order chi connectivity index (χ0) is 20.3. The molecule has 4 N–H and O–H groups in total. The van der Waals surface area contributed by atoms with E-state index in [-0.39, 0.29) is 6.61 Å². The van der Waals surface area contributed by atoms with Crippen LogP contribution in [-0.4, -0.2) is 25.2 Å². The summed E-state index contributed by atoms with van der Waals surface area (Å²) in [6.07, 6.45) is 1.77. The van der Waals surface area contributed by atoms with E-state index in [9.17, 15) is 0 Å². The number of aromatic nitrogens is 3. The highest BCUT2D eigenvalue weighted by Crippen LogP contribution is 2.35. The summed E-state index contributed by atoms with van der Waals surface area (Å²) in [6.45, 7) is 4.14. The summed E-state index contributed by atoms with van der Waals surface area (Å²) in [7, 11) is 1.92. The average Bonchev–Trinajstić information content (AvgIpc) is 3.23. The van der Waals surface area contributed by atoms with Crippen molar-refractivity contribution >= 4 is 11.1 Å². The van der Waals surface area contributed by atoms with Crippen LogP contribution in [0.2, 0.25) is 0 Å². The zero-order valence-corrected chi connectivity index (χ0v) is 15.9. The molecule has 0 aliphatic carbocycles. The number of nitrogens with two attached hydrogens (primary N) is 1. The van der Waals surface area contributed by atoms with E-state index in [1.165, 1.54) is 0 Å². The molecule has 0 amide bonds. The largest absolute Gasteiger partial charge is 0.454 e. The van der Waals surface area contributed by atoms with Crippen molar-refractivity contribution in [2.75, 3.05) is 0 Å². The van der Waals surface area contributed by atoms with Gasteiger partial charge in [-0.2, -0.15) is 5.10 Å². The Hall–Kier alpha value is -3.04. The molecule has 8 nitrogen and oxygen atoms in total. The van der Waals surface area contributed by atoms with Crippen LogP contribution in [0.25, 0.3) is 33.6 Å². The van der Waals surface area contributed by atoms with E-state index in [0.717, 1.165) is 50.5 Å². The normalized spacial score (nSPS) is 10.8. The molecule has 0 radical (unpaired) electrons. The van der Waals surface area contributed by atoms with E-state index < -0.39 is 0 Å². The fourth-order valence-electron chi connectivity index (χ4n) is 3.32. The molecule has 0 saturated carbocycles. The highest BCUT2D eigenvalue weighted by atomic mass is 17.1. The molecule has 0 spiro atoms. The molecule has 0 saturated heterocycles. The van der Waals surface area contributed by atoms with Gasteiger partial charge in [-0.05, 0) is 37.1 Å². The predicted octanol–water partition coefficient (Wildman–Crippen LogP) is 3.84. The Morgan fingerprint density at radius 3 is 2.64 bits per heavy atom. The maximum absolute atomic E-state index is 8.70. The van der Waals surface area contributed by atoms with Crippen molar-refractivity contribution in [3.63, 3.8) is 0 Å². The summed E-state index contributed by atoms with van der Waals surface area (Å²) >= 11 is 0. The third-order valence-corrected chi connectivity index (χ3v) is 4.64. The minimum Gasteiger partial charge on any atom is -0.454 e. The van der Waals surface area contributed by atoms with Gasteiger partial charge in [-0.3, -0.25) is 14.9 Å². The lowest BCUT2D eigenvalue weighted by atomic mass is 10.0. The average molecular weight is 382 g/mol. The Kier molecular flexibility index (Phi) is 5.86. The minimum absolute atomic E-state index is 0.138. The van der Waals surface area contributed by atoms with Gasteiger partial charge < -0.3 is 9.62 Å². The second-order valence-electron chi connectivity index (χ2n) is 6.33. The highest BCUT2D eigenvalue weighted by Gasteiger charge is 2.18. The van der Waals surface area contributed by atoms with E-state index in [4.69, 9.17) is 14.9 Å². The van der Waals surface area contributed by atoms with E-state index in [1.807, 2.05) is 62.0 Å². The molecule has 28 heavy (non-hydrogen) atoms. The van der Waals surface area contributed by atoms with Crippen molar-refractivity contribution in [3.8, 4) is 22.5 Å². The van der Waals surface area contributed by atoms with Crippen molar-refractivity contribution in [2.24, 2.45) is 12.9 Å². The van der Waals surface area contributed by atoms with Crippen LogP contribution in [0.3, 0.4) is 0 Å². The van der Waals surface area contributed by atoms with Crippen molar-refractivity contribution in [1.82, 2.24) is 14.8 Å². The lowest BCUT2D eigenvalue weighted by molar-refractivity contribution is -0.253. The van der Waals surface area contributed by atoms with E-state index in [0.29, 0.717) is 0 Å².